The molecule has 0 unspecified atom stereocenters. The topological polar surface area (TPSA) is 76.0 Å². The number of methoxy groups -OCH3 is 1. The molecule has 0 bridgehead atoms. The monoisotopic (exact) mass is 495 g/mol. The molecule has 4 aromatic rings. The van der Waals surface area contributed by atoms with Crippen LogP contribution < -0.4 is 10.3 Å². The van der Waals surface area contributed by atoms with E-state index >= 15 is 0 Å². The van der Waals surface area contributed by atoms with Crippen LogP contribution in [-0.4, -0.2) is 38.3 Å². The van der Waals surface area contributed by atoms with Crippen molar-refractivity contribution in [3.8, 4) is 22.8 Å². The van der Waals surface area contributed by atoms with Crippen LogP contribution in [0.5, 0.6) is 5.75 Å². The van der Waals surface area contributed by atoms with Gasteiger partial charge in [-0.25, -0.2) is 9.67 Å². The highest BCUT2D eigenvalue weighted by atomic mass is 19.4. The number of hydrogen-bond donors (Lipinski definition) is 1. The van der Waals surface area contributed by atoms with Crippen LogP contribution in [0.25, 0.3) is 17.1 Å². The number of halogens is 3. The van der Waals surface area contributed by atoms with E-state index in [0.29, 0.717) is 42.9 Å². The first-order valence-corrected chi connectivity index (χ1v) is 11.4. The molecule has 2 aromatic heterocycles. The van der Waals surface area contributed by atoms with E-state index < -0.39 is 11.7 Å². The number of aromatic nitrogens is 4. The molecule has 2 aromatic carbocycles. The van der Waals surface area contributed by atoms with Crippen LogP contribution in [-0.2, 0) is 25.7 Å². The minimum atomic E-state index is -4.41. The quantitative estimate of drug-likeness (QED) is 0.441. The van der Waals surface area contributed by atoms with Gasteiger partial charge in [-0.2, -0.15) is 18.3 Å². The van der Waals surface area contributed by atoms with E-state index in [0.717, 1.165) is 34.8 Å². The fourth-order valence-corrected chi connectivity index (χ4v) is 4.39. The Morgan fingerprint density at radius 3 is 2.47 bits per heavy atom. The Bertz CT molecular complexity index is 1440. The van der Waals surface area contributed by atoms with E-state index in [4.69, 9.17) is 4.74 Å². The van der Waals surface area contributed by atoms with Gasteiger partial charge < -0.3 is 9.72 Å². The molecule has 0 saturated carbocycles. The molecule has 0 atom stereocenters. The second-order valence-electron chi connectivity index (χ2n) is 8.74. The van der Waals surface area contributed by atoms with Crippen molar-refractivity contribution in [2.75, 3.05) is 13.7 Å². The molecular weight excluding hydrogens is 471 g/mol. The third-order valence-corrected chi connectivity index (χ3v) is 6.46. The summed E-state index contributed by atoms with van der Waals surface area (Å²) < 4.78 is 45.7. The van der Waals surface area contributed by atoms with E-state index in [1.807, 2.05) is 42.1 Å². The van der Waals surface area contributed by atoms with Crippen LogP contribution in [0.1, 0.15) is 28.1 Å². The highest BCUT2D eigenvalue weighted by molar-refractivity contribution is 5.56. The van der Waals surface area contributed by atoms with Gasteiger partial charge in [0.2, 0.25) is 0 Å². The Morgan fingerprint density at radius 2 is 1.81 bits per heavy atom. The highest BCUT2D eigenvalue weighted by Gasteiger charge is 2.30. The number of ether oxygens (including phenoxy) is 1. The lowest BCUT2D eigenvalue weighted by molar-refractivity contribution is -0.137. The molecule has 186 valence electrons. The summed E-state index contributed by atoms with van der Waals surface area (Å²) in [6, 6.07) is 12.3. The Balaban J connectivity index is 1.33. The zero-order valence-electron chi connectivity index (χ0n) is 19.8. The molecule has 1 aliphatic heterocycles. The van der Waals surface area contributed by atoms with Crippen LogP contribution >= 0.6 is 0 Å². The van der Waals surface area contributed by atoms with Gasteiger partial charge in [0, 0.05) is 42.9 Å². The fraction of sp³-hybridized carbons (Fsp3) is 0.269. The van der Waals surface area contributed by atoms with Gasteiger partial charge in [0.05, 0.1) is 35.8 Å². The summed E-state index contributed by atoms with van der Waals surface area (Å²) in [4.78, 5) is 22.3. The SMILES string of the molecule is COc1ccc(-n2ncc(CN3CCc4nc(-c5ccc(C(F)(F)F)cc5)[nH]c(=O)c4C3)c2C)cc1. The molecule has 0 saturated heterocycles. The van der Waals surface area contributed by atoms with Crippen LogP contribution in [0.2, 0.25) is 0 Å². The molecule has 1 N–H and O–H groups in total. The lowest BCUT2D eigenvalue weighted by atomic mass is 10.1. The predicted molar refractivity (Wildman–Crippen MR) is 128 cm³/mol. The molecular formula is C26H24F3N5O2. The third kappa shape index (κ3) is 4.64. The second kappa shape index (κ2) is 9.27. The molecule has 7 nitrogen and oxygen atoms in total. The zero-order chi connectivity index (χ0) is 25.4. The average Bonchev–Trinajstić information content (AvgIpc) is 3.23. The van der Waals surface area contributed by atoms with Crippen molar-refractivity contribution in [1.82, 2.24) is 24.6 Å². The van der Waals surface area contributed by atoms with Crippen molar-refractivity contribution < 1.29 is 17.9 Å². The number of hydrogen-bond acceptors (Lipinski definition) is 5. The standard InChI is InChI=1S/C26H24F3N5O2/c1-16-18(13-30-34(16)20-7-9-21(36-2)10-8-20)14-33-12-11-23-22(15-33)25(35)32-24(31-23)17-3-5-19(6-4-17)26(27,28)29/h3-10,13H,11-12,14-15H2,1-2H3,(H,31,32,35). The minimum absolute atomic E-state index is 0.273. The van der Waals surface area contributed by atoms with Crippen LogP contribution in [0.15, 0.2) is 59.5 Å². The Morgan fingerprint density at radius 1 is 1.08 bits per heavy atom. The van der Waals surface area contributed by atoms with Crippen molar-refractivity contribution in [2.24, 2.45) is 0 Å². The van der Waals surface area contributed by atoms with Gasteiger partial charge in [0.1, 0.15) is 11.6 Å². The van der Waals surface area contributed by atoms with Crippen molar-refractivity contribution >= 4 is 0 Å². The van der Waals surface area contributed by atoms with Crippen LogP contribution in [0.3, 0.4) is 0 Å². The van der Waals surface area contributed by atoms with Gasteiger partial charge in [0.25, 0.3) is 5.56 Å². The molecule has 0 spiro atoms. The largest absolute Gasteiger partial charge is 0.497 e. The highest BCUT2D eigenvalue weighted by Crippen LogP contribution is 2.30. The van der Waals surface area contributed by atoms with Crippen molar-refractivity contribution in [3.63, 3.8) is 0 Å². The van der Waals surface area contributed by atoms with Gasteiger partial charge in [0.15, 0.2) is 0 Å². The number of H-pyrrole nitrogens is 1. The number of aromatic amines is 1. The van der Waals surface area contributed by atoms with E-state index in [9.17, 15) is 18.0 Å². The van der Waals surface area contributed by atoms with E-state index in [1.54, 1.807) is 7.11 Å². The first-order chi connectivity index (χ1) is 17.2. The summed E-state index contributed by atoms with van der Waals surface area (Å²) in [5, 5.41) is 4.53. The maximum absolute atomic E-state index is 12.9. The van der Waals surface area contributed by atoms with Crippen molar-refractivity contribution in [3.05, 3.63) is 93.2 Å². The summed E-state index contributed by atoms with van der Waals surface area (Å²) in [5.74, 6) is 1.05. The number of fused-ring (bicyclic) bond motifs is 1. The zero-order valence-corrected chi connectivity index (χ0v) is 19.8. The number of nitrogens with one attached hydrogen (secondary N) is 1. The normalized spacial score (nSPS) is 14.0. The number of rotatable bonds is 5. The van der Waals surface area contributed by atoms with Gasteiger partial charge >= 0.3 is 6.18 Å². The predicted octanol–water partition coefficient (Wildman–Crippen LogP) is 4.52. The number of alkyl halides is 3. The Kier molecular flexibility index (Phi) is 6.13. The molecule has 36 heavy (non-hydrogen) atoms. The van der Waals surface area contributed by atoms with Gasteiger partial charge in [-0.15, -0.1) is 0 Å². The van der Waals surface area contributed by atoms with E-state index in [2.05, 4.69) is 20.0 Å². The lowest BCUT2D eigenvalue weighted by Gasteiger charge is -2.27. The van der Waals surface area contributed by atoms with Gasteiger partial charge in [-0.3, -0.25) is 9.69 Å². The molecule has 5 rings (SSSR count). The van der Waals surface area contributed by atoms with Crippen molar-refractivity contribution in [1.29, 1.82) is 0 Å². The molecule has 0 radical (unpaired) electrons. The van der Waals surface area contributed by atoms with Crippen LogP contribution in [0, 0.1) is 6.92 Å². The smallest absolute Gasteiger partial charge is 0.416 e. The molecule has 1 aliphatic rings. The Hall–Kier alpha value is -3.92. The van der Waals surface area contributed by atoms with E-state index in [1.165, 1.54) is 12.1 Å². The van der Waals surface area contributed by atoms with E-state index in [-0.39, 0.29) is 11.4 Å². The summed E-state index contributed by atoms with van der Waals surface area (Å²) >= 11 is 0. The first-order valence-electron chi connectivity index (χ1n) is 11.4. The summed E-state index contributed by atoms with van der Waals surface area (Å²) in [6.07, 6.45) is -2.01. The van der Waals surface area contributed by atoms with Crippen LogP contribution in [0.4, 0.5) is 13.2 Å². The lowest BCUT2D eigenvalue weighted by Crippen LogP contribution is -2.35. The van der Waals surface area contributed by atoms with Gasteiger partial charge in [-0.05, 0) is 43.3 Å². The number of nitrogens with zero attached hydrogens (tertiary/aromatic N) is 4. The molecule has 0 aliphatic carbocycles. The first kappa shape index (κ1) is 23.8. The minimum Gasteiger partial charge on any atom is -0.497 e. The molecule has 0 amide bonds. The molecule has 10 heteroatoms. The summed E-state index contributed by atoms with van der Waals surface area (Å²) in [7, 11) is 1.62. The Labute approximate surface area is 205 Å². The maximum Gasteiger partial charge on any atom is 0.416 e. The average molecular weight is 496 g/mol. The third-order valence-electron chi connectivity index (χ3n) is 6.46. The van der Waals surface area contributed by atoms with Gasteiger partial charge in [-0.1, -0.05) is 12.1 Å². The fourth-order valence-electron chi connectivity index (χ4n) is 4.39. The molecule has 3 heterocycles. The second-order valence-corrected chi connectivity index (χ2v) is 8.74. The molecule has 0 fully saturated rings. The number of benzene rings is 2. The van der Waals surface area contributed by atoms with Crippen molar-refractivity contribution in [2.45, 2.75) is 32.6 Å². The summed E-state index contributed by atoms with van der Waals surface area (Å²) in [5.41, 5.74) is 3.67. The maximum atomic E-state index is 12.9. The summed E-state index contributed by atoms with van der Waals surface area (Å²) in [6.45, 7) is 3.76.